The Bertz CT molecular complexity index is 1480. The monoisotopic (exact) mass is 478 g/mol. The van der Waals surface area contributed by atoms with E-state index in [1.807, 2.05) is 30.3 Å². The highest BCUT2D eigenvalue weighted by Crippen LogP contribution is 2.28. The summed E-state index contributed by atoms with van der Waals surface area (Å²) < 4.78 is 38.4. The van der Waals surface area contributed by atoms with Crippen LogP contribution in [-0.2, 0) is 10.0 Å². The Kier molecular flexibility index (Phi) is 6.21. The first-order valence-electron chi connectivity index (χ1n) is 9.90. The van der Waals surface area contributed by atoms with Gasteiger partial charge in [0.15, 0.2) is 0 Å². The van der Waals surface area contributed by atoms with E-state index in [0.29, 0.717) is 0 Å². The zero-order valence-electron chi connectivity index (χ0n) is 17.6. The van der Waals surface area contributed by atoms with Gasteiger partial charge in [0, 0.05) is 6.20 Å². The van der Waals surface area contributed by atoms with Crippen LogP contribution >= 0.6 is 0 Å². The van der Waals surface area contributed by atoms with Gasteiger partial charge in [-0.2, -0.15) is 4.98 Å². The molecule has 0 radical (unpaired) electrons. The number of hydrogen-bond acceptors (Lipinski definition) is 7. The van der Waals surface area contributed by atoms with Crippen molar-refractivity contribution in [3.8, 4) is 11.1 Å². The molecule has 4 aromatic rings. The third-order valence-corrected chi connectivity index (χ3v) is 5.79. The van der Waals surface area contributed by atoms with E-state index in [0.717, 1.165) is 17.3 Å². The fourth-order valence-corrected chi connectivity index (χ4v) is 3.91. The molecule has 11 heteroatoms. The van der Waals surface area contributed by atoms with Crippen molar-refractivity contribution < 1.29 is 17.6 Å². The Morgan fingerprint density at radius 1 is 0.882 bits per heavy atom. The second-order valence-corrected chi connectivity index (χ2v) is 8.70. The van der Waals surface area contributed by atoms with Crippen LogP contribution in [0.3, 0.4) is 0 Å². The van der Waals surface area contributed by atoms with E-state index >= 15 is 0 Å². The Balaban J connectivity index is 1.71. The molecule has 0 atom stereocenters. The number of hydrogen-bond donors (Lipinski definition) is 4. The second-order valence-electron chi connectivity index (χ2n) is 7.17. The Morgan fingerprint density at radius 2 is 1.59 bits per heavy atom. The Hall–Kier alpha value is -4.35. The van der Waals surface area contributed by atoms with Gasteiger partial charge in [-0.25, -0.2) is 22.9 Å². The van der Waals surface area contributed by atoms with Crippen molar-refractivity contribution in [3.05, 3.63) is 90.4 Å². The number of amides is 1. The van der Waals surface area contributed by atoms with Crippen molar-refractivity contribution in [1.29, 1.82) is 0 Å². The summed E-state index contributed by atoms with van der Waals surface area (Å²) in [6, 6.07) is 19.8. The molecule has 1 amide bonds. The number of carbonyl (C=O) groups excluding carboxylic acids is 1. The molecular weight excluding hydrogens is 459 g/mol. The standard InChI is InChI=1S/C23H19FN6O3S/c24-17-11-10-15(14-6-2-1-3-7-14)12-19(17)29-23-27-13-16(21(25)31)22(30-23)28-18-8-4-5-9-20(18)34(26,32)33/h1-13H,(H2,25,31)(H2,26,32,33)(H2,27,28,29,30). The Labute approximate surface area is 194 Å². The van der Waals surface area contributed by atoms with Crippen molar-refractivity contribution in [1.82, 2.24) is 9.97 Å². The van der Waals surface area contributed by atoms with Gasteiger partial charge >= 0.3 is 0 Å². The molecular formula is C23H19FN6O3S. The molecule has 0 saturated carbocycles. The minimum atomic E-state index is -4.07. The van der Waals surface area contributed by atoms with Gasteiger partial charge in [0.05, 0.1) is 11.4 Å². The van der Waals surface area contributed by atoms with Gasteiger partial charge in [-0.15, -0.1) is 0 Å². The lowest BCUT2D eigenvalue weighted by molar-refractivity contribution is 0.100. The first kappa shape index (κ1) is 22.8. The SMILES string of the molecule is NC(=O)c1cnc(Nc2cc(-c3ccccc3)ccc2F)nc1Nc1ccccc1S(N)(=O)=O. The fraction of sp³-hybridized carbons (Fsp3) is 0. The van der Waals surface area contributed by atoms with E-state index in [9.17, 15) is 17.6 Å². The molecule has 34 heavy (non-hydrogen) atoms. The van der Waals surface area contributed by atoms with Gasteiger partial charge in [0.2, 0.25) is 16.0 Å². The number of nitrogens with zero attached hydrogens (tertiary/aromatic N) is 2. The van der Waals surface area contributed by atoms with Crippen molar-refractivity contribution in [2.24, 2.45) is 10.9 Å². The largest absolute Gasteiger partial charge is 0.365 e. The smallest absolute Gasteiger partial charge is 0.254 e. The van der Waals surface area contributed by atoms with E-state index in [1.54, 1.807) is 18.2 Å². The summed E-state index contributed by atoms with van der Waals surface area (Å²) >= 11 is 0. The van der Waals surface area contributed by atoms with Gasteiger partial charge in [0.1, 0.15) is 22.1 Å². The van der Waals surface area contributed by atoms with Gasteiger partial charge < -0.3 is 16.4 Å². The number of halogens is 1. The molecule has 0 aliphatic rings. The highest BCUT2D eigenvalue weighted by atomic mass is 32.2. The number of anilines is 4. The topological polar surface area (TPSA) is 153 Å². The van der Waals surface area contributed by atoms with Crippen molar-refractivity contribution in [3.63, 3.8) is 0 Å². The maximum atomic E-state index is 14.5. The van der Waals surface area contributed by atoms with Crippen LogP contribution in [0.25, 0.3) is 11.1 Å². The molecule has 1 aromatic heterocycles. The zero-order chi connectivity index (χ0) is 24.3. The van der Waals surface area contributed by atoms with Crippen LogP contribution < -0.4 is 21.5 Å². The van der Waals surface area contributed by atoms with Crippen LogP contribution in [0.5, 0.6) is 0 Å². The number of nitrogens with two attached hydrogens (primary N) is 2. The number of sulfonamides is 1. The quantitative estimate of drug-likeness (QED) is 0.317. The highest BCUT2D eigenvalue weighted by Gasteiger charge is 2.18. The van der Waals surface area contributed by atoms with Crippen LogP contribution in [0.4, 0.5) is 27.5 Å². The predicted molar refractivity (Wildman–Crippen MR) is 127 cm³/mol. The lowest BCUT2D eigenvalue weighted by Crippen LogP contribution is -2.17. The summed E-state index contributed by atoms with van der Waals surface area (Å²) in [5, 5.41) is 10.8. The summed E-state index contributed by atoms with van der Waals surface area (Å²) in [6.07, 6.45) is 1.15. The number of benzene rings is 3. The molecule has 0 saturated heterocycles. The summed E-state index contributed by atoms with van der Waals surface area (Å²) in [7, 11) is -4.07. The average molecular weight is 479 g/mol. The maximum Gasteiger partial charge on any atom is 0.254 e. The summed E-state index contributed by atoms with van der Waals surface area (Å²) in [6.45, 7) is 0. The summed E-state index contributed by atoms with van der Waals surface area (Å²) in [5.74, 6) is -1.53. The van der Waals surface area contributed by atoms with Crippen LogP contribution in [-0.4, -0.2) is 24.3 Å². The lowest BCUT2D eigenvalue weighted by Gasteiger charge is -2.14. The van der Waals surface area contributed by atoms with E-state index in [1.165, 1.54) is 24.3 Å². The third-order valence-electron chi connectivity index (χ3n) is 4.82. The second kappa shape index (κ2) is 9.25. The average Bonchev–Trinajstić information content (AvgIpc) is 2.81. The van der Waals surface area contributed by atoms with Crippen LogP contribution in [0.1, 0.15) is 10.4 Å². The molecule has 6 N–H and O–H groups in total. The number of primary sulfonamides is 1. The Morgan fingerprint density at radius 3 is 2.29 bits per heavy atom. The molecule has 0 bridgehead atoms. The first-order chi connectivity index (χ1) is 16.2. The molecule has 0 spiro atoms. The molecule has 172 valence electrons. The normalized spacial score (nSPS) is 11.1. The van der Waals surface area contributed by atoms with Crippen molar-refractivity contribution in [2.75, 3.05) is 10.6 Å². The fourth-order valence-electron chi connectivity index (χ4n) is 3.21. The molecule has 0 unspecified atom stereocenters. The van der Waals surface area contributed by atoms with Crippen molar-refractivity contribution >= 4 is 39.1 Å². The van der Waals surface area contributed by atoms with Gasteiger partial charge in [0.25, 0.3) is 5.91 Å². The molecule has 1 heterocycles. The number of aromatic nitrogens is 2. The summed E-state index contributed by atoms with van der Waals surface area (Å²) in [4.78, 5) is 19.9. The molecule has 0 aliphatic heterocycles. The van der Waals surface area contributed by atoms with Crippen LogP contribution in [0, 0.1) is 5.82 Å². The summed E-state index contributed by atoms with van der Waals surface area (Å²) in [5.41, 5.74) is 7.15. The first-order valence-corrected chi connectivity index (χ1v) is 11.4. The van der Waals surface area contributed by atoms with Crippen LogP contribution in [0.15, 0.2) is 83.9 Å². The molecule has 0 fully saturated rings. The van der Waals surface area contributed by atoms with Gasteiger partial charge in [-0.1, -0.05) is 48.5 Å². The molecule has 3 aromatic carbocycles. The van der Waals surface area contributed by atoms with Crippen LogP contribution in [0.2, 0.25) is 0 Å². The molecule has 0 aliphatic carbocycles. The van der Waals surface area contributed by atoms with E-state index in [4.69, 9.17) is 10.9 Å². The maximum absolute atomic E-state index is 14.5. The molecule has 4 rings (SSSR count). The number of rotatable bonds is 7. The lowest BCUT2D eigenvalue weighted by atomic mass is 10.1. The zero-order valence-corrected chi connectivity index (χ0v) is 18.4. The van der Waals surface area contributed by atoms with Crippen molar-refractivity contribution in [2.45, 2.75) is 4.90 Å². The predicted octanol–water partition coefficient (Wildman–Crippen LogP) is 3.52. The number of para-hydroxylation sites is 1. The third kappa shape index (κ3) is 5.00. The number of primary amides is 1. The molecule has 9 nitrogen and oxygen atoms in total. The van der Waals surface area contributed by atoms with Gasteiger partial charge in [-0.3, -0.25) is 4.79 Å². The van der Waals surface area contributed by atoms with Gasteiger partial charge in [-0.05, 0) is 35.4 Å². The number of carbonyl (C=O) groups is 1. The van der Waals surface area contributed by atoms with E-state index < -0.39 is 21.7 Å². The van der Waals surface area contributed by atoms with E-state index in [-0.39, 0.29) is 33.6 Å². The number of nitrogens with one attached hydrogen (secondary N) is 2. The minimum Gasteiger partial charge on any atom is -0.365 e. The van der Waals surface area contributed by atoms with E-state index in [2.05, 4.69) is 20.6 Å². The minimum absolute atomic E-state index is 0.0512. The highest BCUT2D eigenvalue weighted by molar-refractivity contribution is 7.89.